The molecule has 24 heavy (non-hydrogen) atoms. The molecule has 1 aliphatic heterocycles. The Labute approximate surface area is 149 Å². The van der Waals surface area contributed by atoms with Crippen LogP contribution >= 0.6 is 15.9 Å². The standard InChI is InChI=1S/C18H18BrNO4/c1-11(2)12-3-5-15(14(19)7-12)22-9-18(21)20-13-4-6-16-17(8-13)24-10-23-16/h3-8,11H,9-10H2,1-2H3,(H,20,21). The lowest BCUT2D eigenvalue weighted by Gasteiger charge is -2.11. The maximum atomic E-state index is 12.0. The summed E-state index contributed by atoms with van der Waals surface area (Å²) in [6.07, 6.45) is 0. The fraction of sp³-hybridized carbons (Fsp3) is 0.278. The molecule has 0 saturated heterocycles. The molecular weight excluding hydrogens is 374 g/mol. The van der Waals surface area contributed by atoms with Crippen LogP contribution in [0.1, 0.15) is 25.3 Å². The van der Waals surface area contributed by atoms with E-state index in [2.05, 4.69) is 35.1 Å². The first-order chi connectivity index (χ1) is 11.5. The largest absolute Gasteiger partial charge is 0.483 e. The zero-order chi connectivity index (χ0) is 17.1. The molecule has 0 aromatic heterocycles. The Bertz CT molecular complexity index is 761. The van der Waals surface area contributed by atoms with Crippen molar-refractivity contribution in [3.63, 3.8) is 0 Å². The van der Waals surface area contributed by atoms with E-state index in [0.29, 0.717) is 28.9 Å². The van der Waals surface area contributed by atoms with Gasteiger partial charge in [-0.15, -0.1) is 0 Å². The number of anilines is 1. The summed E-state index contributed by atoms with van der Waals surface area (Å²) in [6, 6.07) is 11.1. The van der Waals surface area contributed by atoms with Crippen LogP contribution in [0, 0.1) is 0 Å². The number of halogens is 1. The molecule has 2 aromatic carbocycles. The van der Waals surface area contributed by atoms with Crippen molar-refractivity contribution >= 4 is 27.5 Å². The summed E-state index contributed by atoms with van der Waals surface area (Å²) in [7, 11) is 0. The van der Waals surface area contributed by atoms with Gasteiger partial charge in [-0.25, -0.2) is 0 Å². The van der Waals surface area contributed by atoms with E-state index in [1.54, 1.807) is 18.2 Å². The fourth-order valence-corrected chi connectivity index (χ4v) is 2.82. The van der Waals surface area contributed by atoms with Crippen molar-refractivity contribution in [1.29, 1.82) is 0 Å². The van der Waals surface area contributed by atoms with Gasteiger partial charge in [-0.2, -0.15) is 0 Å². The van der Waals surface area contributed by atoms with Crippen LogP contribution < -0.4 is 19.5 Å². The summed E-state index contributed by atoms with van der Waals surface area (Å²) < 4.78 is 16.9. The van der Waals surface area contributed by atoms with Gasteiger partial charge in [0.05, 0.1) is 4.47 Å². The van der Waals surface area contributed by atoms with Gasteiger partial charge >= 0.3 is 0 Å². The van der Waals surface area contributed by atoms with Gasteiger partial charge < -0.3 is 19.5 Å². The highest BCUT2D eigenvalue weighted by atomic mass is 79.9. The molecule has 3 rings (SSSR count). The number of fused-ring (bicyclic) bond motifs is 1. The van der Waals surface area contributed by atoms with Crippen LogP contribution in [0.5, 0.6) is 17.2 Å². The molecule has 0 unspecified atom stereocenters. The summed E-state index contributed by atoms with van der Waals surface area (Å²) in [5.74, 6) is 2.14. The summed E-state index contributed by atoms with van der Waals surface area (Å²) in [5, 5.41) is 2.78. The molecular formula is C18H18BrNO4. The lowest BCUT2D eigenvalue weighted by atomic mass is 10.0. The monoisotopic (exact) mass is 391 g/mol. The topological polar surface area (TPSA) is 56.8 Å². The van der Waals surface area contributed by atoms with Gasteiger partial charge in [0.15, 0.2) is 18.1 Å². The number of amides is 1. The molecule has 2 aromatic rings. The molecule has 1 heterocycles. The molecule has 0 saturated carbocycles. The van der Waals surface area contributed by atoms with Crippen molar-refractivity contribution in [3.8, 4) is 17.2 Å². The first kappa shape index (κ1) is 16.6. The zero-order valence-electron chi connectivity index (χ0n) is 13.5. The summed E-state index contributed by atoms with van der Waals surface area (Å²) in [5.41, 5.74) is 1.85. The van der Waals surface area contributed by atoms with E-state index in [1.807, 2.05) is 18.2 Å². The van der Waals surface area contributed by atoms with Crippen LogP contribution in [0.2, 0.25) is 0 Å². The van der Waals surface area contributed by atoms with E-state index in [9.17, 15) is 4.79 Å². The maximum absolute atomic E-state index is 12.0. The van der Waals surface area contributed by atoms with Crippen LogP contribution in [-0.4, -0.2) is 19.3 Å². The minimum absolute atomic E-state index is 0.0753. The predicted molar refractivity (Wildman–Crippen MR) is 94.9 cm³/mol. The first-order valence-electron chi connectivity index (χ1n) is 7.64. The third-order valence-corrected chi connectivity index (χ3v) is 4.26. The maximum Gasteiger partial charge on any atom is 0.262 e. The molecule has 126 valence electrons. The third-order valence-electron chi connectivity index (χ3n) is 3.64. The number of hydrogen-bond donors (Lipinski definition) is 1. The second kappa shape index (κ2) is 7.13. The van der Waals surface area contributed by atoms with Gasteiger partial charge in [-0.1, -0.05) is 19.9 Å². The highest BCUT2D eigenvalue weighted by molar-refractivity contribution is 9.10. The Morgan fingerprint density at radius 2 is 2.00 bits per heavy atom. The molecule has 1 aliphatic rings. The van der Waals surface area contributed by atoms with Crippen molar-refractivity contribution in [1.82, 2.24) is 0 Å². The van der Waals surface area contributed by atoms with Crippen LogP contribution in [0.4, 0.5) is 5.69 Å². The van der Waals surface area contributed by atoms with Gasteiger partial charge in [0.25, 0.3) is 5.91 Å². The molecule has 0 fully saturated rings. The second-order valence-corrected chi connectivity index (χ2v) is 6.60. The van der Waals surface area contributed by atoms with Crippen molar-refractivity contribution in [2.24, 2.45) is 0 Å². The Hall–Kier alpha value is -2.21. The Morgan fingerprint density at radius 3 is 2.75 bits per heavy atom. The van der Waals surface area contributed by atoms with Gasteiger partial charge in [-0.3, -0.25) is 4.79 Å². The van der Waals surface area contributed by atoms with E-state index in [1.165, 1.54) is 5.56 Å². The fourth-order valence-electron chi connectivity index (χ4n) is 2.31. The van der Waals surface area contributed by atoms with Crippen LogP contribution in [0.25, 0.3) is 0 Å². The molecule has 0 atom stereocenters. The van der Waals surface area contributed by atoms with Crippen molar-refractivity contribution in [2.75, 3.05) is 18.7 Å². The summed E-state index contributed by atoms with van der Waals surface area (Å²) in [6.45, 7) is 4.38. The minimum atomic E-state index is -0.242. The Kier molecular flexibility index (Phi) is 4.94. The zero-order valence-corrected chi connectivity index (χ0v) is 15.1. The second-order valence-electron chi connectivity index (χ2n) is 5.75. The predicted octanol–water partition coefficient (Wildman–Crippen LogP) is 4.32. The number of carbonyl (C=O) groups is 1. The van der Waals surface area contributed by atoms with Gasteiger partial charge in [0.1, 0.15) is 5.75 Å². The van der Waals surface area contributed by atoms with Crippen LogP contribution in [0.3, 0.4) is 0 Å². The molecule has 0 bridgehead atoms. The molecule has 0 radical (unpaired) electrons. The molecule has 0 spiro atoms. The Morgan fingerprint density at radius 1 is 1.21 bits per heavy atom. The smallest absolute Gasteiger partial charge is 0.262 e. The van der Waals surface area contributed by atoms with Gasteiger partial charge in [0, 0.05) is 11.8 Å². The number of rotatable bonds is 5. The van der Waals surface area contributed by atoms with Gasteiger partial charge in [0.2, 0.25) is 6.79 Å². The lowest BCUT2D eigenvalue weighted by Crippen LogP contribution is -2.20. The summed E-state index contributed by atoms with van der Waals surface area (Å²) >= 11 is 3.48. The van der Waals surface area contributed by atoms with Crippen LogP contribution in [-0.2, 0) is 4.79 Å². The van der Waals surface area contributed by atoms with E-state index >= 15 is 0 Å². The molecule has 0 aliphatic carbocycles. The van der Waals surface area contributed by atoms with E-state index < -0.39 is 0 Å². The third kappa shape index (κ3) is 3.82. The lowest BCUT2D eigenvalue weighted by molar-refractivity contribution is -0.118. The molecule has 6 heteroatoms. The number of hydrogen-bond acceptors (Lipinski definition) is 4. The van der Waals surface area contributed by atoms with Gasteiger partial charge in [-0.05, 0) is 51.7 Å². The average molecular weight is 392 g/mol. The molecule has 1 N–H and O–H groups in total. The van der Waals surface area contributed by atoms with E-state index in [4.69, 9.17) is 14.2 Å². The number of nitrogens with one attached hydrogen (secondary N) is 1. The molecule has 1 amide bonds. The normalized spacial score (nSPS) is 12.3. The number of carbonyl (C=O) groups excluding carboxylic acids is 1. The minimum Gasteiger partial charge on any atom is -0.483 e. The number of benzene rings is 2. The van der Waals surface area contributed by atoms with Crippen molar-refractivity contribution in [3.05, 3.63) is 46.4 Å². The SMILES string of the molecule is CC(C)c1ccc(OCC(=O)Nc2ccc3c(c2)OCO3)c(Br)c1. The van der Waals surface area contributed by atoms with E-state index in [0.717, 1.165) is 4.47 Å². The van der Waals surface area contributed by atoms with E-state index in [-0.39, 0.29) is 19.3 Å². The highest BCUT2D eigenvalue weighted by Gasteiger charge is 2.14. The number of ether oxygens (including phenoxy) is 3. The van der Waals surface area contributed by atoms with Crippen molar-refractivity contribution in [2.45, 2.75) is 19.8 Å². The van der Waals surface area contributed by atoms with Crippen LogP contribution in [0.15, 0.2) is 40.9 Å². The highest BCUT2D eigenvalue weighted by Crippen LogP contribution is 2.34. The first-order valence-corrected chi connectivity index (χ1v) is 8.44. The average Bonchev–Trinajstić information content (AvgIpc) is 3.01. The Balaban J connectivity index is 1.58. The quantitative estimate of drug-likeness (QED) is 0.824. The molecule has 5 nitrogen and oxygen atoms in total. The van der Waals surface area contributed by atoms with Crippen molar-refractivity contribution < 1.29 is 19.0 Å². The summed E-state index contributed by atoms with van der Waals surface area (Å²) in [4.78, 5) is 12.0.